The molecule has 0 bridgehead atoms. The second kappa shape index (κ2) is 8.16. The molecule has 144 valence electrons. The predicted molar refractivity (Wildman–Crippen MR) is 96.1 cm³/mol. The minimum atomic E-state index is -4.43. The van der Waals surface area contributed by atoms with Crippen LogP contribution in [0, 0.1) is 6.92 Å². The van der Waals surface area contributed by atoms with Crippen molar-refractivity contribution >= 4 is 23.2 Å². The number of nitrogens with zero attached hydrogens (tertiary/aromatic N) is 2. The summed E-state index contributed by atoms with van der Waals surface area (Å²) in [6, 6.07) is 11.3. The van der Waals surface area contributed by atoms with Gasteiger partial charge in [0.2, 0.25) is 5.96 Å². The fourth-order valence-electron chi connectivity index (χ4n) is 2.57. The monoisotopic (exact) mass is 399 g/mol. The van der Waals surface area contributed by atoms with E-state index in [1.807, 2.05) is 12.1 Å². The number of aryl methyl sites for hydroxylation is 1. The number of benzene rings is 2. The van der Waals surface area contributed by atoms with Crippen LogP contribution in [0.25, 0.3) is 0 Å². The van der Waals surface area contributed by atoms with Crippen LogP contribution < -0.4 is 5.32 Å². The van der Waals surface area contributed by atoms with Gasteiger partial charge in [-0.1, -0.05) is 29.8 Å². The maximum Gasteiger partial charge on any atom is 0.416 e. The molecule has 2 aromatic rings. The molecule has 0 spiro atoms. The third-order valence-corrected chi connectivity index (χ3v) is 4.20. The quantitative estimate of drug-likeness (QED) is 0.752. The minimum Gasteiger partial charge on any atom is -0.326 e. The number of nitrogens with one attached hydrogen (secondary N) is 1. The first-order valence-corrected chi connectivity index (χ1v) is 8.44. The summed E-state index contributed by atoms with van der Waals surface area (Å²) in [4.78, 5) is 15.8. The predicted octanol–water partition coefficient (Wildman–Crippen LogP) is 4.81. The van der Waals surface area contributed by atoms with Crippen molar-refractivity contribution in [3.8, 4) is 0 Å². The van der Waals surface area contributed by atoms with Gasteiger partial charge in [0.25, 0.3) is 0 Å². The number of halogens is 4. The molecule has 1 heterocycles. The van der Waals surface area contributed by atoms with Crippen LogP contribution >= 0.6 is 11.6 Å². The van der Waals surface area contributed by atoms with Crippen LogP contribution in [0.2, 0.25) is 5.02 Å². The van der Waals surface area contributed by atoms with E-state index in [9.17, 15) is 13.2 Å². The van der Waals surface area contributed by atoms with E-state index in [2.05, 4.69) is 10.3 Å². The minimum absolute atomic E-state index is 0.0620. The Morgan fingerprint density at radius 2 is 1.89 bits per heavy atom. The highest BCUT2D eigenvalue weighted by Crippen LogP contribution is 2.33. The largest absolute Gasteiger partial charge is 0.416 e. The van der Waals surface area contributed by atoms with Crippen molar-refractivity contribution in [2.45, 2.75) is 19.6 Å². The van der Waals surface area contributed by atoms with Crippen LogP contribution in [0.1, 0.15) is 16.7 Å². The van der Waals surface area contributed by atoms with E-state index in [0.29, 0.717) is 17.5 Å². The van der Waals surface area contributed by atoms with Gasteiger partial charge in [-0.3, -0.25) is 0 Å². The van der Waals surface area contributed by atoms with Crippen LogP contribution in [0.3, 0.4) is 0 Å². The van der Waals surface area contributed by atoms with Crippen LogP contribution in [-0.4, -0.2) is 24.3 Å². The highest BCUT2D eigenvalue weighted by Gasteiger charge is 2.32. The van der Waals surface area contributed by atoms with E-state index in [0.717, 1.165) is 11.6 Å². The first-order chi connectivity index (χ1) is 12.8. The highest BCUT2D eigenvalue weighted by molar-refractivity contribution is 6.30. The van der Waals surface area contributed by atoms with E-state index < -0.39 is 11.7 Å². The van der Waals surface area contributed by atoms with Gasteiger partial charge in [-0.2, -0.15) is 13.2 Å². The Morgan fingerprint density at radius 1 is 1.15 bits per heavy atom. The van der Waals surface area contributed by atoms with Crippen molar-refractivity contribution in [3.05, 3.63) is 64.2 Å². The topological polar surface area (TPSA) is 46.1 Å². The molecule has 0 unspecified atom stereocenters. The van der Waals surface area contributed by atoms with Gasteiger partial charge < -0.3 is 10.2 Å². The number of alkyl halides is 3. The van der Waals surface area contributed by atoms with Crippen molar-refractivity contribution in [1.82, 2.24) is 4.90 Å². The van der Waals surface area contributed by atoms with Gasteiger partial charge >= 0.3 is 6.18 Å². The summed E-state index contributed by atoms with van der Waals surface area (Å²) >= 11 is 5.89. The van der Waals surface area contributed by atoms with Gasteiger partial charge in [0.1, 0.15) is 0 Å². The normalized spacial score (nSPS) is 15.3. The highest BCUT2D eigenvalue weighted by atomic mass is 35.5. The van der Waals surface area contributed by atoms with Crippen molar-refractivity contribution in [2.75, 3.05) is 18.8 Å². The van der Waals surface area contributed by atoms with Gasteiger partial charge in [0.05, 0.1) is 5.56 Å². The molecule has 5 nitrogen and oxygen atoms in total. The lowest BCUT2D eigenvalue weighted by Crippen LogP contribution is -2.36. The molecule has 0 fully saturated rings. The Hall–Kier alpha value is -2.29. The molecule has 1 N–H and O–H groups in total. The molecule has 0 aromatic heterocycles. The Morgan fingerprint density at radius 3 is 2.59 bits per heavy atom. The second-order valence-electron chi connectivity index (χ2n) is 5.95. The van der Waals surface area contributed by atoms with Crippen molar-refractivity contribution in [3.63, 3.8) is 0 Å². The number of rotatable bonds is 3. The molecule has 1 aliphatic heterocycles. The summed E-state index contributed by atoms with van der Waals surface area (Å²) in [6.07, 6.45) is -4.43. The van der Waals surface area contributed by atoms with E-state index in [1.165, 1.54) is 13.0 Å². The number of hydrogen-bond acceptors (Lipinski definition) is 5. The zero-order valence-electron chi connectivity index (χ0n) is 14.4. The van der Waals surface area contributed by atoms with Gasteiger partial charge in [-0.05, 0) is 42.3 Å². The van der Waals surface area contributed by atoms with E-state index in [1.54, 1.807) is 23.1 Å². The zero-order chi connectivity index (χ0) is 19.4. The first-order valence-electron chi connectivity index (χ1n) is 8.06. The van der Waals surface area contributed by atoms with Crippen molar-refractivity contribution in [1.29, 1.82) is 0 Å². The third kappa shape index (κ3) is 5.12. The Kier molecular flexibility index (Phi) is 5.88. The lowest BCUT2D eigenvalue weighted by Gasteiger charge is -2.24. The maximum absolute atomic E-state index is 13.1. The fraction of sp³-hybridized carbons (Fsp3) is 0.278. The summed E-state index contributed by atoms with van der Waals surface area (Å²) in [6.45, 7) is 1.82. The Balaban J connectivity index is 1.82. The fourth-order valence-corrected chi connectivity index (χ4v) is 2.70. The number of guanidine groups is 1. The number of hydrogen-bond donors (Lipinski definition) is 1. The first kappa shape index (κ1) is 19.5. The summed E-state index contributed by atoms with van der Waals surface area (Å²) in [7, 11) is 0. The molecule has 0 amide bonds. The van der Waals surface area contributed by atoms with Crippen molar-refractivity contribution < 1.29 is 22.9 Å². The molecule has 27 heavy (non-hydrogen) atoms. The molecule has 3 rings (SSSR count). The average molecular weight is 400 g/mol. The van der Waals surface area contributed by atoms with Crippen LogP contribution in [-0.2, 0) is 22.5 Å². The summed E-state index contributed by atoms with van der Waals surface area (Å²) in [5, 5.41) is 3.54. The van der Waals surface area contributed by atoms with Gasteiger partial charge in [0.15, 0.2) is 13.5 Å². The summed E-state index contributed by atoms with van der Waals surface area (Å²) < 4.78 is 39.4. The SMILES string of the molecule is Cc1ccc(NC2=NCOOCN2Cc2ccc(Cl)cc2)cc1C(F)(F)F. The zero-order valence-corrected chi connectivity index (χ0v) is 15.1. The van der Waals surface area contributed by atoms with E-state index >= 15 is 0 Å². The molecule has 0 saturated carbocycles. The molecule has 1 aliphatic rings. The second-order valence-corrected chi connectivity index (χ2v) is 6.39. The number of anilines is 1. The molecule has 0 aliphatic carbocycles. The molecular formula is C18H17ClF3N3O2. The van der Waals surface area contributed by atoms with Gasteiger partial charge in [0, 0.05) is 17.3 Å². The standard InChI is InChI=1S/C18H17ClF3N3O2/c1-12-2-7-15(8-16(12)18(20,21)22)24-17-23-10-26-27-11-25(17)9-13-3-5-14(19)6-4-13/h2-8H,9-11H2,1H3,(H,23,24). The smallest absolute Gasteiger partial charge is 0.326 e. The van der Waals surface area contributed by atoms with E-state index in [-0.39, 0.29) is 24.7 Å². The number of aliphatic imine (C=N–C) groups is 1. The average Bonchev–Trinajstić information content (AvgIpc) is 2.83. The third-order valence-electron chi connectivity index (χ3n) is 3.94. The Bertz CT molecular complexity index is 826. The molecule has 9 heteroatoms. The Labute approximate surface area is 159 Å². The molecule has 2 aromatic carbocycles. The summed E-state index contributed by atoms with van der Waals surface area (Å²) in [5.41, 5.74) is 0.660. The van der Waals surface area contributed by atoms with Crippen LogP contribution in [0.5, 0.6) is 0 Å². The lowest BCUT2D eigenvalue weighted by molar-refractivity contribution is -0.304. The molecular weight excluding hydrogens is 383 g/mol. The van der Waals surface area contributed by atoms with Crippen LogP contribution in [0.15, 0.2) is 47.5 Å². The molecule has 0 radical (unpaired) electrons. The van der Waals surface area contributed by atoms with Crippen LogP contribution in [0.4, 0.5) is 18.9 Å². The summed E-state index contributed by atoms with van der Waals surface area (Å²) in [5.74, 6) is 0.347. The van der Waals surface area contributed by atoms with Gasteiger partial charge in [-0.25, -0.2) is 14.8 Å². The molecule has 0 atom stereocenters. The maximum atomic E-state index is 13.1. The van der Waals surface area contributed by atoms with Gasteiger partial charge in [-0.15, -0.1) is 0 Å². The van der Waals surface area contributed by atoms with E-state index in [4.69, 9.17) is 21.4 Å². The molecule has 0 saturated heterocycles. The van der Waals surface area contributed by atoms with Crippen molar-refractivity contribution in [2.24, 2.45) is 4.99 Å². The lowest BCUT2D eigenvalue weighted by atomic mass is 10.1.